The Balaban J connectivity index is 1.81. The average Bonchev–Trinajstić information content (AvgIpc) is 2.52. The van der Waals surface area contributed by atoms with Crippen LogP contribution in [0.5, 0.6) is 0 Å². The summed E-state index contributed by atoms with van der Waals surface area (Å²) in [7, 11) is 1.86. The molecule has 2 N–H and O–H groups in total. The number of guanidine groups is 1. The number of carbonyl (C=O) groups is 1. The van der Waals surface area contributed by atoms with Crippen LogP contribution in [-0.4, -0.2) is 62.7 Å². The first-order valence-corrected chi connectivity index (χ1v) is 8.23. The highest BCUT2D eigenvalue weighted by atomic mass is 16.5. The zero-order valence-electron chi connectivity index (χ0n) is 13.7. The van der Waals surface area contributed by atoms with E-state index in [1.165, 1.54) is 5.57 Å². The molecule has 6 heteroatoms. The lowest BCUT2D eigenvalue weighted by atomic mass is 10.1. The summed E-state index contributed by atoms with van der Waals surface area (Å²) in [5, 5.41) is 6.73. The van der Waals surface area contributed by atoms with Crippen LogP contribution in [0.4, 0.5) is 0 Å². The normalized spacial score (nSPS) is 23.3. The van der Waals surface area contributed by atoms with Crippen molar-refractivity contribution in [3.63, 3.8) is 0 Å². The lowest BCUT2D eigenvalue weighted by Crippen LogP contribution is -2.51. The minimum absolute atomic E-state index is 0.228. The molecule has 22 heavy (non-hydrogen) atoms. The van der Waals surface area contributed by atoms with Gasteiger partial charge in [0, 0.05) is 39.1 Å². The quantitative estimate of drug-likeness (QED) is 0.450. The fourth-order valence-electron chi connectivity index (χ4n) is 2.75. The number of likely N-dealkylation sites (N-methyl/N-ethyl adjacent to an activating group) is 1. The topological polar surface area (TPSA) is 66.0 Å². The third kappa shape index (κ3) is 5.33. The molecule has 2 heterocycles. The summed E-state index contributed by atoms with van der Waals surface area (Å²) < 4.78 is 5.32. The molecular weight excluding hydrogens is 280 g/mol. The molecule has 0 radical (unpaired) electrons. The Morgan fingerprint density at radius 3 is 3.05 bits per heavy atom. The summed E-state index contributed by atoms with van der Waals surface area (Å²) >= 11 is 0. The number of ether oxygens (including phenoxy) is 1. The minimum atomic E-state index is 0.228. The van der Waals surface area contributed by atoms with Crippen LogP contribution < -0.4 is 10.6 Å². The lowest BCUT2D eigenvalue weighted by molar-refractivity contribution is -0.132. The van der Waals surface area contributed by atoms with Crippen LogP contribution in [0.15, 0.2) is 16.6 Å². The lowest BCUT2D eigenvalue weighted by Gasteiger charge is -2.31. The molecular formula is C16H28N4O2. The van der Waals surface area contributed by atoms with Gasteiger partial charge in [-0.15, -0.1) is 0 Å². The Morgan fingerprint density at radius 2 is 2.36 bits per heavy atom. The van der Waals surface area contributed by atoms with Crippen molar-refractivity contribution in [1.82, 2.24) is 15.5 Å². The maximum atomic E-state index is 11.5. The Morgan fingerprint density at radius 1 is 1.50 bits per heavy atom. The van der Waals surface area contributed by atoms with Gasteiger partial charge in [-0.1, -0.05) is 11.6 Å². The number of nitrogens with one attached hydrogen (secondary N) is 2. The molecule has 2 aliphatic rings. The van der Waals surface area contributed by atoms with Crippen LogP contribution in [0.1, 0.15) is 32.6 Å². The van der Waals surface area contributed by atoms with Gasteiger partial charge in [0.15, 0.2) is 5.96 Å². The molecule has 0 aromatic heterocycles. The maximum Gasteiger partial charge on any atom is 0.222 e. The second kappa shape index (κ2) is 8.78. The van der Waals surface area contributed by atoms with E-state index in [1.54, 1.807) is 4.90 Å². The summed E-state index contributed by atoms with van der Waals surface area (Å²) in [6.45, 7) is 5.99. The minimum Gasteiger partial charge on any atom is -0.377 e. The number of nitrogens with zero attached hydrogens (tertiary/aromatic N) is 2. The van der Waals surface area contributed by atoms with Crippen LogP contribution >= 0.6 is 0 Å². The van der Waals surface area contributed by atoms with Gasteiger partial charge in [-0.2, -0.15) is 0 Å². The van der Waals surface area contributed by atoms with Crippen molar-refractivity contribution in [2.45, 2.75) is 38.6 Å². The molecule has 124 valence electrons. The van der Waals surface area contributed by atoms with Crippen molar-refractivity contribution < 1.29 is 9.53 Å². The Labute approximate surface area is 133 Å². The van der Waals surface area contributed by atoms with Gasteiger partial charge in [-0.25, -0.2) is 0 Å². The molecule has 1 amide bonds. The van der Waals surface area contributed by atoms with Crippen molar-refractivity contribution in [3.05, 3.63) is 11.6 Å². The smallest absolute Gasteiger partial charge is 0.222 e. The molecule has 2 rings (SSSR count). The van der Waals surface area contributed by atoms with E-state index in [0.29, 0.717) is 6.42 Å². The standard InChI is InChI=1S/C16H28N4O2/c1-3-17-16(18-9-6-13-7-10-22-11-8-13)19-14-4-5-15(21)20(2)12-14/h7,14H,3-6,8-12H2,1-2H3,(H2,17,18,19). The first-order chi connectivity index (χ1) is 10.7. The van der Waals surface area contributed by atoms with Crippen LogP contribution in [0, 0.1) is 0 Å². The molecule has 1 fully saturated rings. The van der Waals surface area contributed by atoms with E-state index in [9.17, 15) is 4.79 Å². The molecule has 0 saturated carbocycles. The highest BCUT2D eigenvalue weighted by Gasteiger charge is 2.23. The van der Waals surface area contributed by atoms with Gasteiger partial charge < -0.3 is 20.3 Å². The molecule has 2 aliphatic heterocycles. The van der Waals surface area contributed by atoms with Gasteiger partial charge >= 0.3 is 0 Å². The van der Waals surface area contributed by atoms with Gasteiger partial charge in [-0.3, -0.25) is 9.79 Å². The van der Waals surface area contributed by atoms with E-state index in [4.69, 9.17) is 4.74 Å². The number of hydrogen-bond acceptors (Lipinski definition) is 3. The monoisotopic (exact) mass is 308 g/mol. The van der Waals surface area contributed by atoms with Crippen molar-refractivity contribution in [1.29, 1.82) is 0 Å². The van der Waals surface area contributed by atoms with Crippen LogP contribution in [0.2, 0.25) is 0 Å². The molecule has 0 aromatic carbocycles. The summed E-state index contributed by atoms with van der Waals surface area (Å²) in [5.74, 6) is 1.08. The van der Waals surface area contributed by atoms with Crippen molar-refractivity contribution in [3.8, 4) is 0 Å². The van der Waals surface area contributed by atoms with Crippen LogP contribution in [0.3, 0.4) is 0 Å². The number of carbonyl (C=O) groups excluding carboxylic acids is 1. The Kier molecular flexibility index (Phi) is 6.71. The molecule has 0 spiro atoms. The number of rotatable bonds is 5. The first kappa shape index (κ1) is 16.8. The SMILES string of the molecule is CCNC(=NCCC1=CCOCC1)NC1CCC(=O)N(C)C1. The second-order valence-corrected chi connectivity index (χ2v) is 5.85. The third-order valence-corrected chi connectivity index (χ3v) is 4.07. The average molecular weight is 308 g/mol. The summed E-state index contributed by atoms with van der Waals surface area (Å²) in [6, 6.07) is 0.280. The van der Waals surface area contributed by atoms with E-state index >= 15 is 0 Å². The Hall–Kier alpha value is -1.56. The van der Waals surface area contributed by atoms with Crippen LogP contribution in [-0.2, 0) is 9.53 Å². The van der Waals surface area contributed by atoms with Gasteiger partial charge in [-0.05, 0) is 26.2 Å². The first-order valence-electron chi connectivity index (χ1n) is 8.23. The summed E-state index contributed by atoms with van der Waals surface area (Å²) in [6.07, 6.45) is 5.66. The number of piperidine rings is 1. The molecule has 1 saturated heterocycles. The van der Waals surface area contributed by atoms with Crippen LogP contribution in [0.25, 0.3) is 0 Å². The van der Waals surface area contributed by atoms with E-state index in [-0.39, 0.29) is 11.9 Å². The number of amides is 1. The number of aliphatic imine (C=N–C) groups is 1. The molecule has 1 unspecified atom stereocenters. The fraction of sp³-hybridized carbons (Fsp3) is 0.750. The largest absolute Gasteiger partial charge is 0.377 e. The zero-order chi connectivity index (χ0) is 15.8. The summed E-state index contributed by atoms with van der Waals surface area (Å²) in [4.78, 5) is 18.0. The van der Waals surface area contributed by atoms with E-state index in [2.05, 4.69) is 28.6 Å². The maximum absolute atomic E-state index is 11.5. The number of hydrogen-bond donors (Lipinski definition) is 2. The molecule has 0 aliphatic carbocycles. The molecule has 6 nitrogen and oxygen atoms in total. The zero-order valence-corrected chi connectivity index (χ0v) is 13.7. The highest BCUT2D eigenvalue weighted by Crippen LogP contribution is 2.12. The van der Waals surface area contributed by atoms with Crippen molar-refractivity contribution >= 4 is 11.9 Å². The second-order valence-electron chi connectivity index (χ2n) is 5.85. The molecule has 1 atom stereocenters. The predicted octanol–water partition coefficient (Wildman–Crippen LogP) is 0.899. The Bertz CT molecular complexity index is 434. The van der Waals surface area contributed by atoms with Gasteiger partial charge in [0.2, 0.25) is 5.91 Å². The predicted molar refractivity (Wildman–Crippen MR) is 87.9 cm³/mol. The summed E-state index contributed by atoms with van der Waals surface area (Å²) in [5.41, 5.74) is 1.44. The fourth-order valence-corrected chi connectivity index (χ4v) is 2.75. The van der Waals surface area contributed by atoms with E-state index in [0.717, 1.165) is 58.1 Å². The highest BCUT2D eigenvalue weighted by molar-refractivity contribution is 5.81. The number of likely N-dealkylation sites (tertiary alicyclic amines) is 1. The van der Waals surface area contributed by atoms with Gasteiger partial charge in [0.25, 0.3) is 0 Å². The molecule has 0 bridgehead atoms. The van der Waals surface area contributed by atoms with Gasteiger partial charge in [0.05, 0.1) is 13.2 Å². The van der Waals surface area contributed by atoms with E-state index < -0.39 is 0 Å². The van der Waals surface area contributed by atoms with E-state index in [1.807, 2.05) is 7.05 Å². The molecule has 0 aromatic rings. The van der Waals surface area contributed by atoms with Gasteiger partial charge in [0.1, 0.15) is 0 Å². The van der Waals surface area contributed by atoms with Crippen molar-refractivity contribution in [2.75, 3.05) is 39.9 Å². The van der Waals surface area contributed by atoms with Crippen molar-refractivity contribution in [2.24, 2.45) is 4.99 Å². The third-order valence-electron chi connectivity index (χ3n) is 4.07.